The minimum atomic E-state index is -0.377. The Hall–Kier alpha value is -2.30. The molecule has 9 heteroatoms. The third-order valence-corrected chi connectivity index (χ3v) is 4.51. The maximum atomic E-state index is 12.2. The molecule has 8 nitrogen and oxygen atoms in total. The standard InChI is InChI=1S/C24H31N7O.K/c1-7-31(6)16-22-19(4)29-23(15-26-22)28-18(3)20-11-8-12-21(14-20)30-24(32)27-17(2)10-9-13-25-5;/h8-12,14-16,18,25H,2,4,7H2,1,3,5-6H3,(H,28,29)(H2,27,30,32);/q-2;+1/b17-10+,22-16+;. The van der Waals surface area contributed by atoms with Crippen molar-refractivity contribution in [3.63, 3.8) is 0 Å². The summed E-state index contributed by atoms with van der Waals surface area (Å²) in [4.78, 5) is 23.2. The van der Waals surface area contributed by atoms with Crippen molar-refractivity contribution in [3.8, 4) is 0 Å². The Morgan fingerprint density at radius 3 is 2.82 bits per heavy atom. The van der Waals surface area contributed by atoms with Gasteiger partial charge in [-0.25, -0.2) is 33.8 Å². The number of amides is 2. The largest absolute Gasteiger partial charge is 1.00 e. The first kappa shape index (κ1) is 28.7. The van der Waals surface area contributed by atoms with Crippen molar-refractivity contribution in [1.29, 1.82) is 0 Å². The molecule has 2 aromatic rings. The summed E-state index contributed by atoms with van der Waals surface area (Å²) < 4.78 is 0. The van der Waals surface area contributed by atoms with Crippen LogP contribution in [0.4, 0.5) is 16.3 Å². The van der Waals surface area contributed by atoms with Crippen LogP contribution in [-0.4, -0.2) is 41.5 Å². The van der Waals surface area contributed by atoms with Gasteiger partial charge in [-0.3, -0.25) is 0 Å². The van der Waals surface area contributed by atoms with E-state index in [-0.39, 0.29) is 63.5 Å². The van der Waals surface area contributed by atoms with Crippen LogP contribution in [0.15, 0.2) is 48.3 Å². The normalized spacial score (nSPS) is 12.6. The number of allylic oxidation sites excluding steroid dienone is 3. The molecular formula is C24H31KN7O-. The fraction of sp³-hybridized carbons (Fsp3) is 0.250. The quantitative estimate of drug-likeness (QED) is 0.164. The zero-order valence-electron chi connectivity index (χ0n) is 20.1. The smallest absolute Gasteiger partial charge is 0.479 e. The maximum Gasteiger partial charge on any atom is 1.00 e. The SMILES string of the molecule is C=c1nc(NC(C)c2cccc(NC(=O)N/C([CH2-])=C/C=[C-]NC)c2)cn/c1=C/N(C)CC.[K+]. The number of nitrogens with zero attached hydrogens (tertiary/aromatic N) is 3. The number of rotatable bonds is 9. The van der Waals surface area contributed by atoms with E-state index in [4.69, 9.17) is 0 Å². The maximum absolute atomic E-state index is 12.2. The molecular weight excluding hydrogens is 441 g/mol. The predicted octanol–water partition coefficient (Wildman–Crippen LogP) is -0.871. The molecule has 1 unspecified atom stereocenters. The Morgan fingerprint density at radius 2 is 2.15 bits per heavy atom. The van der Waals surface area contributed by atoms with Gasteiger partial charge in [0.25, 0.3) is 0 Å². The van der Waals surface area contributed by atoms with Crippen LogP contribution >= 0.6 is 0 Å². The van der Waals surface area contributed by atoms with Crippen LogP contribution in [0.1, 0.15) is 25.5 Å². The molecule has 0 aliphatic rings. The van der Waals surface area contributed by atoms with Gasteiger partial charge in [0.1, 0.15) is 11.2 Å². The summed E-state index contributed by atoms with van der Waals surface area (Å²) in [5.41, 5.74) is 2.09. The Morgan fingerprint density at radius 1 is 1.39 bits per heavy atom. The molecule has 0 bridgehead atoms. The van der Waals surface area contributed by atoms with E-state index in [0.29, 0.717) is 22.6 Å². The van der Waals surface area contributed by atoms with Gasteiger partial charge in [-0.15, -0.1) is 5.70 Å². The zero-order valence-corrected chi connectivity index (χ0v) is 23.2. The number of carbonyl (C=O) groups excluding carboxylic acids is 1. The Kier molecular flexibility index (Phi) is 12.9. The summed E-state index contributed by atoms with van der Waals surface area (Å²) in [7, 11) is 3.71. The van der Waals surface area contributed by atoms with E-state index >= 15 is 0 Å². The van der Waals surface area contributed by atoms with Gasteiger partial charge in [-0.1, -0.05) is 18.7 Å². The van der Waals surface area contributed by atoms with Gasteiger partial charge in [0.05, 0.1) is 17.6 Å². The first-order valence-electron chi connectivity index (χ1n) is 10.3. The van der Waals surface area contributed by atoms with Crippen LogP contribution in [0.2, 0.25) is 0 Å². The molecule has 0 radical (unpaired) electrons. The fourth-order valence-electron chi connectivity index (χ4n) is 2.68. The second-order valence-electron chi connectivity index (χ2n) is 7.11. The number of urea groups is 1. The molecule has 0 saturated carbocycles. The van der Waals surface area contributed by atoms with Crippen molar-refractivity contribution < 1.29 is 56.2 Å². The molecule has 1 atom stereocenters. The monoisotopic (exact) mass is 472 g/mol. The van der Waals surface area contributed by atoms with Gasteiger partial charge in [0.15, 0.2) is 0 Å². The third-order valence-electron chi connectivity index (χ3n) is 4.51. The summed E-state index contributed by atoms with van der Waals surface area (Å²) in [5.74, 6) is 0.633. The summed E-state index contributed by atoms with van der Waals surface area (Å²) in [6.45, 7) is 12.7. The molecule has 2 rings (SSSR count). The second kappa shape index (κ2) is 14.8. The van der Waals surface area contributed by atoms with Crippen molar-refractivity contribution in [3.05, 3.63) is 77.7 Å². The number of benzene rings is 1. The van der Waals surface area contributed by atoms with E-state index in [1.165, 1.54) is 0 Å². The van der Waals surface area contributed by atoms with E-state index in [1.807, 2.05) is 49.3 Å². The second-order valence-corrected chi connectivity index (χ2v) is 7.11. The van der Waals surface area contributed by atoms with E-state index in [1.54, 1.807) is 25.4 Å². The Balaban J connectivity index is 0.00000544. The fourth-order valence-corrected chi connectivity index (χ4v) is 2.68. The van der Waals surface area contributed by atoms with Crippen LogP contribution in [-0.2, 0) is 0 Å². The molecule has 4 N–H and O–H groups in total. The van der Waals surface area contributed by atoms with E-state index in [9.17, 15) is 4.79 Å². The van der Waals surface area contributed by atoms with Crippen LogP contribution in [0, 0.1) is 13.1 Å². The number of hydrogen-bond donors (Lipinski definition) is 4. The molecule has 1 aromatic carbocycles. The van der Waals surface area contributed by atoms with Crippen molar-refractivity contribution in [1.82, 2.24) is 25.5 Å². The molecule has 0 saturated heterocycles. The van der Waals surface area contributed by atoms with Gasteiger partial charge < -0.3 is 26.2 Å². The van der Waals surface area contributed by atoms with Crippen molar-refractivity contribution in [2.45, 2.75) is 19.9 Å². The predicted molar refractivity (Wildman–Crippen MR) is 131 cm³/mol. The summed E-state index contributed by atoms with van der Waals surface area (Å²) in [5, 5.41) is 12.9. The van der Waals surface area contributed by atoms with Crippen LogP contribution in [0.3, 0.4) is 0 Å². The molecule has 170 valence electrons. The van der Waals surface area contributed by atoms with Crippen molar-refractivity contribution in [2.75, 3.05) is 31.3 Å². The van der Waals surface area contributed by atoms with Gasteiger partial charge in [0.2, 0.25) is 0 Å². The Labute approximate surface area is 238 Å². The average Bonchev–Trinajstić information content (AvgIpc) is 2.75. The molecule has 0 aliphatic heterocycles. The number of anilines is 2. The first-order chi connectivity index (χ1) is 15.3. The molecule has 1 aromatic heterocycles. The number of aromatic nitrogens is 2. The van der Waals surface area contributed by atoms with Crippen molar-refractivity contribution >= 4 is 30.3 Å². The molecule has 1 heterocycles. The van der Waals surface area contributed by atoms with Gasteiger partial charge in [-0.2, -0.15) is 6.20 Å². The molecule has 33 heavy (non-hydrogen) atoms. The first-order valence-corrected chi connectivity index (χ1v) is 10.3. The van der Waals surface area contributed by atoms with E-state index < -0.39 is 0 Å². The van der Waals surface area contributed by atoms with Gasteiger partial charge in [-0.05, 0) is 38.6 Å². The van der Waals surface area contributed by atoms with Gasteiger partial charge >= 0.3 is 57.4 Å². The number of carbonyl (C=O) groups is 1. The average molecular weight is 473 g/mol. The molecule has 0 fully saturated rings. The third kappa shape index (κ3) is 10.0. The number of nitrogens with one attached hydrogen (secondary N) is 4. The van der Waals surface area contributed by atoms with Crippen LogP contribution < -0.4 is 83.3 Å². The Bertz CT molecular complexity index is 1080. The van der Waals surface area contributed by atoms with Crippen LogP contribution in [0.25, 0.3) is 12.8 Å². The van der Waals surface area contributed by atoms with Crippen molar-refractivity contribution in [2.24, 2.45) is 0 Å². The molecule has 2 amide bonds. The van der Waals surface area contributed by atoms with Crippen LogP contribution in [0.5, 0.6) is 0 Å². The summed E-state index contributed by atoms with van der Waals surface area (Å²) in [6.07, 6.45) is 9.65. The zero-order chi connectivity index (χ0) is 23.5. The molecule has 0 spiro atoms. The topological polar surface area (TPSA) is 94.2 Å². The number of hydrogen-bond acceptors (Lipinski definition) is 6. The summed E-state index contributed by atoms with van der Waals surface area (Å²) >= 11 is 0. The van der Waals surface area contributed by atoms with E-state index in [2.05, 4.69) is 57.9 Å². The summed E-state index contributed by atoms with van der Waals surface area (Å²) in [6, 6.07) is 7.13. The minimum absolute atomic E-state index is 0. The van der Waals surface area contributed by atoms with Gasteiger partial charge in [0, 0.05) is 25.5 Å². The minimum Gasteiger partial charge on any atom is -0.479 e. The van der Waals surface area contributed by atoms with E-state index in [0.717, 1.165) is 17.5 Å². The molecule has 0 aliphatic carbocycles.